The normalized spacial score (nSPS) is 10.4. The van der Waals surface area contributed by atoms with E-state index in [4.69, 9.17) is 0 Å². The Bertz CT molecular complexity index is 570. The number of hydrogen-bond donors (Lipinski definition) is 0. The van der Waals surface area contributed by atoms with E-state index in [1.54, 1.807) is 12.1 Å². The molecule has 0 bridgehead atoms. The van der Waals surface area contributed by atoms with Crippen LogP contribution in [0.25, 0.3) is 0 Å². The lowest BCUT2D eigenvalue weighted by molar-refractivity contribution is 0.112. The smallest absolute Gasteiger partial charge is 0.150 e. The summed E-state index contributed by atoms with van der Waals surface area (Å²) in [6.07, 6.45) is 1.64. The van der Waals surface area contributed by atoms with Crippen LogP contribution >= 0.6 is 0 Å². The molecule has 0 unspecified atom stereocenters. The van der Waals surface area contributed by atoms with Gasteiger partial charge in [-0.1, -0.05) is 18.2 Å². The molecule has 92 valence electrons. The quantitative estimate of drug-likeness (QED) is 0.747. The number of halogens is 1. The Kier molecular flexibility index (Phi) is 3.56. The number of aldehydes is 1. The number of benzene rings is 2. The van der Waals surface area contributed by atoms with Crippen molar-refractivity contribution < 1.29 is 9.18 Å². The molecule has 0 amide bonds. The fourth-order valence-corrected chi connectivity index (χ4v) is 2.04. The van der Waals surface area contributed by atoms with Crippen LogP contribution in [0, 0.1) is 19.7 Å². The van der Waals surface area contributed by atoms with Gasteiger partial charge in [0.2, 0.25) is 0 Å². The molecule has 2 aromatic carbocycles. The van der Waals surface area contributed by atoms with Gasteiger partial charge in [-0.15, -0.1) is 0 Å². The maximum Gasteiger partial charge on any atom is 0.150 e. The van der Waals surface area contributed by atoms with Gasteiger partial charge in [0.15, 0.2) is 0 Å². The van der Waals surface area contributed by atoms with Crippen LogP contribution in [0.5, 0.6) is 0 Å². The van der Waals surface area contributed by atoms with E-state index in [1.165, 1.54) is 17.7 Å². The van der Waals surface area contributed by atoms with Crippen molar-refractivity contribution in [2.75, 3.05) is 0 Å². The highest BCUT2D eigenvalue weighted by Gasteiger charge is 2.05. The first-order valence-electron chi connectivity index (χ1n) is 5.90. The summed E-state index contributed by atoms with van der Waals surface area (Å²) in [6.45, 7) is 3.92. The fourth-order valence-electron chi connectivity index (χ4n) is 2.04. The SMILES string of the molecule is Cc1cc(Cc2ccc(F)cc2)c(C)cc1C=O. The Morgan fingerprint density at radius 1 is 1.06 bits per heavy atom. The first-order valence-corrected chi connectivity index (χ1v) is 5.90. The molecule has 0 aromatic heterocycles. The summed E-state index contributed by atoms with van der Waals surface area (Å²) in [4.78, 5) is 10.8. The van der Waals surface area contributed by atoms with Crippen molar-refractivity contribution in [3.05, 3.63) is 70.0 Å². The van der Waals surface area contributed by atoms with E-state index in [0.29, 0.717) is 0 Å². The van der Waals surface area contributed by atoms with Crippen molar-refractivity contribution in [3.8, 4) is 0 Å². The third-order valence-electron chi connectivity index (χ3n) is 3.16. The zero-order valence-corrected chi connectivity index (χ0v) is 10.5. The molecule has 1 nitrogen and oxygen atoms in total. The Balaban J connectivity index is 2.32. The van der Waals surface area contributed by atoms with Crippen molar-refractivity contribution in [3.63, 3.8) is 0 Å². The molecule has 2 aromatic rings. The molecule has 0 aliphatic carbocycles. The number of hydrogen-bond acceptors (Lipinski definition) is 1. The summed E-state index contributed by atoms with van der Waals surface area (Å²) in [5, 5.41) is 0. The van der Waals surface area contributed by atoms with Crippen LogP contribution < -0.4 is 0 Å². The van der Waals surface area contributed by atoms with Gasteiger partial charge >= 0.3 is 0 Å². The minimum atomic E-state index is -0.219. The average molecular weight is 242 g/mol. The lowest BCUT2D eigenvalue weighted by Gasteiger charge is -2.09. The molecule has 2 rings (SSSR count). The summed E-state index contributed by atoms with van der Waals surface area (Å²) in [5.74, 6) is -0.219. The molecule has 0 saturated heterocycles. The maximum atomic E-state index is 12.8. The predicted molar refractivity (Wildman–Crippen MR) is 70.5 cm³/mol. The van der Waals surface area contributed by atoms with Gasteiger partial charge in [0, 0.05) is 5.56 Å². The van der Waals surface area contributed by atoms with E-state index in [2.05, 4.69) is 0 Å². The molecular formula is C16H15FO. The summed E-state index contributed by atoms with van der Waals surface area (Å²) in [6, 6.07) is 10.5. The lowest BCUT2D eigenvalue weighted by atomic mass is 9.96. The van der Waals surface area contributed by atoms with Gasteiger partial charge in [0.1, 0.15) is 12.1 Å². The van der Waals surface area contributed by atoms with E-state index >= 15 is 0 Å². The van der Waals surface area contributed by atoms with Crippen LogP contribution in [-0.4, -0.2) is 6.29 Å². The zero-order chi connectivity index (χ0) is 13.1. The third-order valence-corrected chi connectivity index (χ3v) is 3.16. The largest absolute Gasteiger partial charge is 0.298 e. The molecule has 0 radical (unpaired) electrons. The average Bonchev–Trinajstić information content (AvgIpc) is 2.36. The van der Waals surface area contributed by atoms with Gasteiger partial charge in [-0.25, -0.2) is 4.39 Å². The Labute approximate surface area is 106 Å². The van der Waals surface area contributed by atoms with Crippen LogP contribution in [0.4, 0.5) is 4.39 Å². The molecule has 0 N–H and O–H groups in total. The molecular weight excluding hydrogens is 227 g/mol. The molecule has 0 fully saturated rings. The molecule has 0 aliphatic rings. The summed E-state index contributed by atoms with van der Waals surface area (Å²) >= 11 is 0. The first-order chi connectivity index (χ1) is 8.60. The first kappa shape index (κ1) is 12.5. The van der Waals surface area contributed by atoms with Crippen LogP contribution in [0.3, 0.4) is 0 Å². The molecule has 0 heterocycles. The zero-order valence-electron chi connectivity index (χ0n) is 10.5. The highest BCUT2D eigenvalue weighted by Crippen LogP contribution is 2.18. The van der Waals surface area contributed by atoms with E-state index in [-0.39, 0.29) is 5.82 Å². The van der Waals surface area contributed by atoms with Gasteiger partial charge in [0.05, 0.1) is 0 Å². The second-order valence-corrected chi connectivity index (χ2v) is 4.56. The number of carbonyl (C=O) groups excluding carboxylic acids is 1. The van der Waals surface area contributed by atoms with E-state index in [1.807, 2.05) is 26.0 Å². The minimum absolute atomic E-state index is 0.219. The van der Waals surface area contributed by atoms with Crippen LogP contribution in [-0.2, 0) is 6.42 Å². The molecule has 18 heavy (non-hydrogen) atoms. The second-order valence-electron chi connectivity index (χ2n) is 4.56. The molecule has 0 aliphatic heterocycles. The van der Waals surface area contributed by atoms with Crippen molar-refractivity contribution in [2.45, 2.75) is 20.3 Å². The van der Waals surface area contributed by atoms with Crippen LogP contribution in [0.2, 0.25) is 0 Å². The van der Waals surface area contributed by atoms with Crippen molar-refractivity contribution >= 4 is 6.29 Å². The maximum absolute atomic E-state index is 12.8. The predicted octanol–water partition coefficient (Wildman–Crippen LogP) is 3.85. The highest BCUT2D eigenvalue weighted by molar-refractivity contribution is 5.77. The Morgan fingerprint density at radius 2 is 1.72 bits per heavy atom. The van der Waals surface area contributed by atoms with Gasteiger partial charge < -0.3 is 0 Å². The van der Waals surface area contributed by atoms with Crippen LogP contribution in [0.1, 0.15) is 32.6 Å². The van der Waals surface area contributed by atoms with Crippen molar-refractivity contribution in [1.29, 1.82) is 0 Å². The Hall–Kier alpha value is -1.96. The minimum Gasteiger partial charge on any atom is -0.298 e. The molecule has 0 atom stereocenters. The molecule has 0 saturated carbocycles. The van der Waals surface area contributed by atoms with Gasteiger partial charge in [-0.05, 0) is 60.7 Å². The number of aryl methyl sites for hydroxylation is 2. The third kappa shape index (κ3) is 2.65. The van der Waals surface area contributed by atoms with Gasteiger partial charge in [-0.2, -0.15) is 0 Å². The lowest BCUT2D eigenvalue weighted by Crippen LogP contribution is -1.96. The van der Waals surface area contributed by atoms with Crippen LogP contribution in [0.15, 0.2) is 36.4 Å². The topological polar surface area (TPSA) is 17.1 Å². The van der Waals surface area contributed by atoms with E-state index < -0.39 is 0 Å². The summed E-state index contributed by atoms with van der Waals surface area (Å²) < 4.78 is 12.8. The summed E-state index contributed by atoms with van der Waals surface area (Å²) in [7, 11) is 0. The van der Waals surface area contributed by atoms with E-state index in [9.17, 15) is 9.18 Å². The number of carbonyl (C=O) groups is 1. The van der Waals surface area contributed by atoms with Crippen molar-refractivity contribution in [1.82, 2.24) is 0 Å². The van der Waals surface area contributed by atoms with E-state index in [0.717, 1.165) is 35.0 Å². The van der Waals surface area contributed by atoms with Gasteiger partial charge in [-0.3, -0.25) is 4.79 Å². The van der Waals surface area contributed by atoms with Gasteiger partial charge in [0.25, 0.3) is 0 Å². The monoisotopic (exact) mass is 242 g/mol. The second kappa shape index (κ2) is 5.13. The standard InChI is InChI=1S/C16H15FO/c1-11-8-15(10-18)12(2)7-14(11)9-13-3-5-16(17)6-4-13/h3-8,10H,9H2,1-2H3. The van der Waals surface area contributed by atoms with Crippen molar-refractivity contribution in [2.24, 2.45) is 0 Å². The number of rotatable bonds is 3. The molecule has 0 spiro atoms. The Morgan fingerprint density at radius 3 is 2.33 bits per heavy atom. The highest BCUT2D eigenvalue weighted by atomic mass is 19.1. The summed E-state index contributed by atoms with van der Waals surface area (Å²) in [5.41, 5.74) is 5.04. The fraction of sp³-hybridized carbons (Fsp3) is 0.188. The molecule has 2 heteroatoms.